The van der Waals surface area contributed by atoms with Gasteiger partial charge in [0, 0.05) is 18.7 Å². The van der Waals surface area contributed by atoms with E-state index in [0.717, 1.165) is 0 Å². The Morgan fingerprint density at radius 2 is 1.80 bits per heavy atom. The van der Waals surface area contributed by atoms with Crippen LogP contribution < -0.4 is 10.1 Å². The maximum Gasteiger partial charge on any atom is 0.309 e. The lowest BCUT2D eigenvalue weighted by Crippen LogP contribution is -2.41. The van der Waals surface area contributed by atoms with Gasteiger partial charge in [-0.2, -0.15) is 0 Å². The van der Waals surface area contributed by atoms with Crippen LogP contribution in [-0.2, 0) is 14.3 Å². The van der Waals surface area contributed by atoms with Crippen molar-refractivity contribution >= 4 is 35.0 Å². The molecule has 0 spiro atoms. The lowest BCUT2D eigenvalue weighted by Gasteiger charge is -2.30. The first-order valence-corrected chi connectivity index (χ1v) is 10.3. The number of carbonyl (C=O) groups is 4. The molecule has 158 valence electrons. The topological polar surface area (TPSA) is 102 Å². The van der Waals surface area contributed by atoms with Gasteiger partial charge in [-0.15, -0.1) is 11.3 Å². The standard InChI is InChI=1S/C21H22N2O6S/c1-28-16-6-4-14(5-7-16)19(25)22-18(24)13-29-21(27)15-8-10-23(11-9-15)20(26)17-3-2-12-30-17/h2-7,12,15H,8-11,13H2,1H3,(H,22,24,25). The second kappa shape index (κ2) is 10.0. The van der Waals surface area contributed by atoms with E-state index in [1.165, 1.54) is 30.6 Å². The van der Waals surface area contributed by atoms with Gasteiger partial charge in [0.2, 0.25) is 0 Å². The fourth-order valence-corrected chi connectivity index (χ4v) is 3.80. The molecule has 9 heteroatoms. The first-order chi connectivity index (χ1) is 14.5. The van der Waals surface area contributed by atoms with Crippen LogP contribution in [0.5, 0.6) is 5.75 Å². The number of ether oxygens (including phenoxy) is 2. The predicted molar refractivity (Wildman–Crippen MR) is 109 cm³/mol. The quantitative estimate of drug-likeness (QED) is 0.705. The molecule has 1 saturated heterocycles. The number of amides is 3. The molecule has 1 fully saturated rings. The highest BCUT2D eigenvalue weighted by atomic mass is 32.1. The smallest absolute Gasteiger partial charge is 0.309 e. The summed E-state index contributed by atoms with van der Waals surface area (Å²) in [5, 5.41) is 4.03. The number of benzene rings is 1. The zero-order valence-electron chi connectivity index (χ0n) is 16.5. The Balaban J connectivity index is 1.40. The third-order valence-corrected chi connectivity index (χ3v) is 5.66. The summed E-state index contributed by atoms with van der Waals surface area (Å²) in [5.74, 6) is -1.59. The van der Waals surface area contributed by atoms with Crippen LogP contribution >= 0.6 is 11.3 Å². The molecule has 1 aromatic heterocycles. The summed E-state index contributed by atoms with van der Waals surface area (Å²) >= 11 is 1.39. The average molecular weight is 430 g/mol. The number of nitrogens with zero attached hydrogens (tertiary/aromatic N) is 1. The van der Waals surface area contributed by atoms with Crippen LogP contribution in [0.3, 0.4) is 0 Å². The van der Waals surface area contributed by atoms with E-state index in [4.69, 9.17) is 9.47 Å². The minimum atomic E-state index is -0.700. The summed E-state index contributed by atoms with van der Waals surface area (Å²) in [7, 11) is 1.51. The number of thiophene rings is 1. The minimum absolute atomic E-state index is 0.0340. The molecule has 3 amide bonds. The van der Waals surface area contributed by atoms with Crippen LogP contribution in [0.1, 0.15) is 32.9 Å². The molecule has 1 N–H and O–H groups in total. The first kappa shape index (κ1) is 21.5. The van der Waals surface area contributed by atoms with E-state index in [1.54, 1.807) is 23.1 Å². The van der Waals surface area contributed by atoms with Gasteiger partial charge in [-0.25, -0.2) is 0 Å². The number of imide groups is 1. The molecule has 0 unspecified atom stereocenters. The highest BCUT2D eigenvalue weighted by Gasteiger charge is 2.29. The van der Waals surface area contributed by atoms with E-state index in [9.17, 15) is 19.2 Å². The van der Waals surface area contributed by atoms with E-state index < -0.39 is 24.4 Å². The average Bonchev–Trinajstić information content (AvgIpc) is 3.32. The van der Waals surface area contributed by atoms with Crippen LogP contribution in [0.15, 0.2) is 41.8 Å². The molecule has 0 bridgehead atoms. The van der Waals surface area contributed by atoms with Gasteiger partial charge in [-0.3, -0.25) is 24.5 Å². The SMILES string of the molecule is COc1ccc(C(=O)NC(=O)COC(=O)C2CCN(C(=O)c3cccs3)CC2)cc1. The fourth-order valence-electron chi connectivity index (χ4n) is 3.11. The second-order valence-corrected chi connectivity index (χ2v) is 7.70. The summed E-state index contributed by atoms with van der Waals surface area (Å²) in [4.78, 5) is 50.9. The number of piperidine rings is 1. The van der Waals surface area contributed by atoms with E-state index in [2.05, 4.69) is 5.32 Å². The maximum absolute atomic E-state index is 12.3. The fraction of sp³-hybridized carbons (Fsp3) is 0.333. The third-order valence-electron chi connectivity index (χ3n) is 4.80. The lowest BCUT2D eigenvalue weighted by atomic mass is 9.97. The Morgan fingerprint density at radius 3 is 2.40 bits per heavy atom. The van der Waals surface area contributed by atoms with Crippen molar-refractivity contribution in [2.24, 2.45) is 5.92 Å². The first-order valence-electron chi connectivity index (χ1n) is 9.45. The van der Waals surface area contributed by atoms with Gasteiger partial charge in [0.25, 0.3) is 17.7 Å². The van der Waals surface area contributed by atoms with Crippen molar-refractivity contribution in [2.45, 2.75) is 12.8 Å². The molecule has 0 saturated carbocycles. The van der Waals surface area contributed by atoms with Crippen molar-refractivity contribution < 1.29 is 28.7 Å². The number of rotatable bonds is 6. The molecule has 1 aliphatic heterocycles. The summed E-state index contributed by atoms with van der Waals surface area (Å²) in [5.41, 5.74) is 0.290. The van der Waals surface area contributed by atoms with Gasteiger partial charge < -0.3 is 14.4 Å². The van der Waals surface area contributed by atoms with Crippen molar-refractivity contribution in [3.63, 3.8) is 0 Å². The Hall–Kier alpha value is -3.20. The van der Waals surface area contributed by atoms with Gasteiger partial charge in [-0.05, 0) is 48.6 Å². The molecule has 8 nitrogen and oxygen atoms in total. The normalized spacial score (nSPS) is 14.1. The monoisotopic (exact) mass is 430 g/mol. The van der Waals surface area contributed by atoms with E-state index in [1.807, 2.05) is 11.4 Å². The molecule has 0 aliphatic carbocycles. The van der Waals surface area contributed by atoms with Crippen LogP contribution in [0.2, 0.25) is 0 Å². The molecule has 1 aromatic carbocycles. The van der Waals surface area contributed by atoms with Gasteiger partial charge in [0.15, 0.2) is 6.61 Å². The third kappa shape index (κ3) is 5.44. The van der Waals surface area contributed by atoms with E-state index >= 15 is 0 Å². The van der Waals surface area contributed by atoms with Crippen molar-refractivity contribution in [3.8, 4) is 5.75 Å². The summed E-state index contributed by atoms with van der Waals surface area (Å²) in [6, 6.07) is 9.87. The molecule has 0 atom stereocenters. The number of likely N-dealkylation sites (tertiary alicyclic amines) is 1. The van der Waals surface area contributed by atoms with Crippen molar-refractivity contribution in [3.05, 3.63) is 52.2 Å². The molecule has 30 heavy (non-hydrogen) atoms. The van der Waals surface area contributed by atoms with E-state index in [0.29, 0.717) is 42.1 Å². The van der Waals surface area contributed by atoms with Crippen molar-refractivity contribution in [2.75, 3.05) is 26.8 Å². The molecule has 1 aliphatic rings. The van der Waals surface area contributed by atoms with Crippen molar-refractivity contribution in [1.82, 2.24) is 10.2 Å². The Kier molecular flexibility index (Phi) is 7.18. The molecule has 0 radical (unpaired) electrons. The molecular formula is C21H22N2O6S. The Labute approximate surface area is 177 Å². The highest BCUT2D eigenvalue weighted by molar-refractivity contribution is 7.12. The number of methoxy groups -OCH3 is 1. The van der Waals surface area contributed by atoms with Crippen LogP contribution in [0.4, 0.5) is 0 Å². The lowest BCUT2D eigenvalue weighted by molar-refractivity contribution is -0.153. The van der Waals surface area contributed by atoms with Gasteiger partial charge >= 0.3 is 5.97 Å². The number of esters is 1. The highest BCUT2D eigenvalue weighted by Crippen LogP contribution is 2.21. The largest absolute Gasteiger partial charge is 0.497 e. The number of hydrogen-bond acceptors (Lipinski definition) is 7. The summed E-state index contributed by atoms with van der Waals surface area (Å²) in [6.45, 7) is 0.381. The zero-order valence-corrected chi connectivity index (χ0v) is 17.3. The molecule has 2 heterocycles. The molecule has 2 aromatic rings. The van der Waals surface area contributed by atoms with Gasteiger partial charge in [0.05, 0.1) is 17.9 Å². The summed E-state index contributed by atoms with van der Waals surface area (Å²) < 4.78 is 10.1. The van der Waals surface area contributed by atoms with Gasteiger partial charge in [-0.1, -0.05) is 6.07 Å². The summed E-state index contributed by atoms with van der Waals surface area (Å²) in [6.07, 6.45) is 0.949. The van der Waals surface area contributed by atoms with Crippen LogP contribution in [0.25, 0.3) is 0 Å². The zero-order chi connectivity index (χ0) is 21.5. The van der Waals surface area contributed by atoms with Gasteiger partial charge in [0.1, 0.15) is 5.75 Å². The van der Waals surface area contributed by atoms with Crippen molar-refractivity contribution in [1.29, 1.82) is 0 Å². The number of hydrogen-bond donors (Lipinski definition) is 1. The molecule has 3 rings (SSSR count). The minimum Gasteiger partial charge on any atom is -0.497 e. The second-order valence-electron chi connectivity index (χ2n) is 6.76. The van der Waals surface area contributed by atoms with Crippen LogP contribution in [0, 0.1) is 5.92 Å². The Morgan fingerprint density at radius 1 is 1.10 bits per heavy atom. The van der Waals surface area contributed by atoms with Crippen LogP contribution in [-0.4, -0.2) is 55.4 Å². The molecular weight excluding hydrogens is 408 g/mol. The van der Waals surface area contributed by atoms with E-state index in [-0.39, 0.29) is 11.8 Å². The number of nitrogens with one attached hydrogen (secondary N) is 1. The predicted octanol–water partition coefficient (Wildman–Crippen LogP) is 2.11. The maximum atomic E-state index is 12.3. The number of carbonyl (C=O) groups excluding carboxylic acids is 4. The Bertz CT molecular complexity index is 902.